The molecule has 2 rings (SSSR count). The van der Waals surface area contributed by atoms with Crippen molar-refractivity contribution in [2.24, 2.45) is 5.41 Å². The minimum absolute atomic E-state index is 0.0898. The van der Waals surface area contributed by atoms with Crippen LogP contribution >= 0.6 is 0 Å². The number of hydrogen-bond acceptors (Lipinski definition) is 3. The van der Waals surface area contributed by atoms with Crippen molar-refractivity contribution in [3.63, 3.8) is 0 Å². The van der Waals surface area contributed by atoms with Gasteiger partial charge in [0.15, 0.2) is 0 Å². The second-order valence-electron chi connectivity index (χ2n) is 5.07. The van der Waals surface area contributed by atoms with Crippen LogP contribution in [0.2, 0.25) is 0 Å². The van der Waals surface area contributed by atoms with Crippen LogP contribution in [0.25, 0.3) is 0 Å². The monoisotopic (exact) mass is 248 g/mol. The topological polar surface area (TPSA) is 50.4 Å². The fraction of sp³-hybridized carbons (Fsp3) is 0.500. The molecule has 1 atom stereocenters. The molecule has 1 aromatic carbocycles. The summed E-state index contributed by atoms with van der Waals surface area (Å²) in [7, 11) is 1.67. The number of carbonyl (C=O) groups excluding carboxylic acids is 1. The molecule has 4 heteroatoms. The molecule has 18 heavy (non-hydrogen) atoms. The summed E-state index contributed by atoms with van der Waals surface area (Å²) in [5.41, 5.74) is 1.66. The van der Waals surface area contributed by atoms with E-state index in [0.29, 0.717) is 6.61 Å². The number of rotatable bonds is 4. The van der Waals surface area contributed by atoms with Gasteiger partial charge >= 0.3 is 0 Å². The van der Waals surface area contributed by atoms with E-state index in [-0.39, 0.29) is 11.3 Å². The Morgan fingerprint density at radius 3 is 2.72 bits per heavy atom. The zero-order valence-corrected chi connectivity index (χ0v) is 11.0. The Bertz CT molecular complexity index is 408. The minimum Gasteiger partial charge on any atom is -0.380 e. The van der Waals surface area contributed by atoms with Crippen LogP contribution < -0.4 is 10.6 Å². The van der Waals surface area contributed by atoms with Gasteiger partial charge in [-0.1, -0.05) is 12.1 Å². The Kier molecular flexibility index (Phi) is 3.99. The van der Waals surface area contributed by atoms with Gasteiger partial charge in [-0.05, 0) is 37.6 Å². The number of nitrogens with one attached hydrogen (secondary N) is 2. The van der Waals surface area contributed by atoms with Crippen molar-refractivity contribution >= 4 is 11.6 Å². The summed E-state index contributed by atoms with van der Waals surface area (Å²) < 4.78 is 5.05. The lowest BCUT2D eigenvalue weighted by molar-refractivity contribution is -0.123. The molecule has 1 saturated heterocycles. The largest absolute Gasteiger partial charge is 0.380 e. The van der Waals surface area contributed by atoms with Crippen molar-refractivity contribution < 1.29 is 9.53 Å². The summed E-state index contributed by atoms with van der Waals surface area (Å²) in [6.07, 6.45) is 0.889. The summed E-state index contributed by atoms with van der Waals surface area (Å²) in [6.45, 7) is 4.26. The van der Waals surface area contributed by atoms with E-state index in [1.807, 2.05) is 31.2 Å². The van der Waals surface area contributed by atoms with Gasteiger partial charge in [0.1, 0.15) is 0 Å². The lowest BCUT2D eigenvalue weighted by Gasteiger charge is -2.21. The van der Waals surface area contributed by atoms with Crippen LogP contribution in [0.4, 0.5) is 5.69 Å². The molecule has 2 N–H and O–H groups in total. The van der Waals surface area contributed by atoms with Crippen LogP contribution in [0.15, 0.2) is 24.3 Å². The highest BCUT2D eigenvalue weighted by atomic mass is 16.5. The first-order chi connectivity index (χ1) is 8.64. The molecule has 0 bridgehead atoms. The lowest BCUT2D eigenvalue weighted by Crippen LogP contribution is -2.35. The smallest absolute Gasteiger partial charge is 0.231 e. The van der Waals surface area contributed by atoms with Crippen molar-refractivity contribution in [1.82, 2.24) is 5.32 Å². The summed E-state index contributed by atoms with van der Waals surface area (Å²) in [6, 6.07) is 7.76. The highest BCUT2D eigenvalue weighted by molar-refractivity contribution is 5.95. The number of anilines is 1. The summed E-state index contributed by atoms with van der Waals surface area (Å²) >= 11 is 0. The average Bonchev–Trinajstić information content (AvgIpc) is 2.80. The molecule has 0 saturated carbocycles. The molecular formula is C14H20N2O2. The maximum Gasteiger partial charge on any atom is 0.231 e. The van der Waals surface area contributed by atoms with Crippen molar-refractivity contribution in [2.45, 2.75) is 20.0 Å². The van der Waals surface area contributed by atoms with Crippen LogP contribution in [-0.2, 0) is 16.1 Å². The van der Waals surface area contributed by atoms with Gasteiger partial charge in [-0.15, -0.1) is 0 Å². The minimum atomic E-state index is -0.287. The van der Waals surface area contributed by atoms with Gasteiger partial charge < -0.3 is 15.4 Å². The molecule has 1 aromatic rings. The molecule has 98 valence electrons. The molecular weight excluding hydrogens is 228 g/mol. The Morgan fingerprint density at radius 2 is 2.17 bits per heavy atom. The molecule has 0 aliphatic carbocycles. The maximum atomic E-state index is 12.2. The van der Waals surface area contributed by atoms with Gasteiger partial charge in [-0.2, -0.15) is 0 Å². The van der Waals surface area contributed by atoms with Gasteiger partial charge in [-0.3, -0.25) is 4.79 Å². The molecule has 0 spiro atoms. The van der Waals surface area contributed by atoms with E-state index in [0.717, 1.165) is 30.8 Å². The lowest BCUT2D eigenvalue weighted by atomic mass is 9.89. The molecule has 1 amide bonds. The Labute approximate surface area is 108 Å². The standard InChI is InChI=1S/C14H20N2O2/c1-14(7-8-15-10-14)13(17)16-12-5-3-11(4-6-12)9-18-2/h3-6,15H,7-10H2,1-2H3,(H,16,17). The molecule has 1 aliphatic heterocycles. The highest BCUT2D eigenvalue weighted by Gasteiger charge is 2.36. The number of ether oxygens (including phenoxy) is 1. The quantitative estimate of drug-likeness (QED) is 0.854. The molecule has 1 fully saturated rings. The normalized spacial score (nSPS) is 23.0. The zero-order chi connectivity index (χ0) is 13.0. The summed E-state index contributed by atoms with van der Waals surface area (Å²) in [5, 5.41) is 6.20. The highest BCUT2D eigenvalue weighted by Crippen LogP contribution is 2.26. The number of benzene rings is 1. The summed E-state index contributed by atoms with van der Waals surface area (Å²) in [4.78, 5) is 12.2. The van der Waals surface area contributed by atoms with Gasteiger partial charge in [-0.25, -0.2) is 0 Å². The first kappa shape index (κ1) is 13.1. The van der Waals surface area contributed by atoms with Crippen LogP contribution in [0.3, 0.4) is 0 Å². The van der Waals surface area contributed by atoms with Crippen LogP contribution in [0.1, 0.15) is 18.9 Å². The molecule has 0 aromatic heterocycles. The predicted octanol–water partition coefficient (Wildman–Crippen LogP) is 1.77. The van der Waals surface area contributed by atoms with E-state index in [1.54, 1.807) is 7.11 Å². The second-order valence-corrected chi connectivity index (χ2v) is 5.07. The average molecular weight is 248 g/mol. The summed E-state index contributed by atoms with van der Waals surface area (Å²) in [5.74, 6) is 0.0898. The van der Waals surface area contributed by atoms with Crippen molar-refractivity contribution in [3.05, 3.63) is 29.8 Å². The molecule has 1 unspecified atom stereocenters. The molecule has 0 radical (unpaired) electrons. The number of methoxy groups -OCH3 is 1. The molecule has 4 nitrogen and oxygen atoms in total. The van der Waals surface area contributed by atoms with E-state index >= 15 is 0 Å². The zero-order valence-electron chi connectivity index (χ0n) is 11.0. The number of carbonyl (C=O) groups is 1. The molecule has 1 aliphatic rings. The first-order valence-electron chi connectivity index (χ1n) is 6.24. The number of hydrogen-bond donors (Lipinski definition) is 2. The third-order valence-electron chi connectivity index (χ3n) is 3.44. The van der Waals surface area contributed by atoms with Crippen LogP contribution in [0, 0.1) is 5.41 Å². The third kappa shape index (κ3) is 2.89. The van der Waals surface area contributed by atoms with E-state index in [9.17, 15) is 4.79 Å². The van der Waals surface area contributed by atoms with Crippen molar-refractivity contribution in [1.29, 1.82) is 0 Å². The predicted molar refractivity (Wildman–Crippen MR) is 71.4 cm³/mol. The van der Waals surface area contributed by atoms with Gasteiger partial charge in [0, 0.05) is 19.3 Å². The van der Waals surface area contributed by atoms with E-state index in [4.69, 9.17) is 4.74 Å². The van der Waals surface area contributed by atoms with Gasteiger partial charge in [0.2, 0.25) is 5.91 Å². The van der Waals surface area contributed by atoms with Gasteiger partial charge in [0.25, 0.3) is 0 Å². The fourth-order valence-electron chi connectivity index (χ4n) is 2.14. The number of amides is 1. The van der Waals surface area contributed by atoms with Gasteiger partial charge in [0.05, 0.1) is 12.0 Å². The van der Waals surface area contributed by atoms with Crippen LogP contribution in [-0.4, -0.2) is 26.1 Å². The van der Waals surface area contributed by atoms with Crippen molar-refractivity contribution in [2.75, 3.05) is 25.5 Å². The van der Waals surface area contributed by atoms with Crippen LogP contribution in [0.5, 0.6) is 0 Å². The van der Waals surface area contributed by atoms with E-state index in [1.165, 1.54) is 0 Å². The first-order valence-corrected chi connectivity index (χ1v) is 6.24. The Morgan fingerprint density at radius 1 is 1.44 bits per heavy atom. The van der Waals surface area contributed by atoms with E-state index < -0.39 is 0 Å². The SMILES string of the molecule is COCc1ccc(NC(=O)C2(C)CCNC2)cc1. The fourth-order valence-corrected chi connectivity index (χ4v) is 2.14. The Balaban J connectivity index is 1.98. The second kappa shape index (κ2) is 5.50. The Hall–Kier alpha value is -1.39. The maximum absolute atomic E-state index is 12.2. The van der Waals surface area contributed by atoms with Crippen molar-refractivity contribution in [3.8, 4) is 0 Å². The molecule has 1 heterocycles. The third-order valence-corrected chi connectivity index (χ3v) is 3.44. The van der Waals surface area contributed by atoms with E-state index in [2.05, 4.69) is 10.6 Å².